The second-order valence-corrected chi connectivity index (χ2v) is 12.8. The topological polar surface area (TPSA) is 25.8 Å². The van der Waals surface area contributed by atoms with Crippen LogP contribution in [0, 0.1) is 0 Å². The minimum Gasteiger partial charge on any atom is -0.260 e. The first-order valence-corrected chi connectivity index (χ1v) is 13.8. The van der Waals surface area contributed by atoms with Crippen molar-refractivity contribution in [1.82, 2.24) is 9.97 Å². The summed E-state index contributed by atoms with van der Waals surface area (Å²) in [6.07, 6.45) is 1.98. The Hall–Kier alpha value is -4.04. The molecule has 0 saturated heterocycles. The molecule has 0 aliphatic heterocycles. The summed E-state index contributed by atoms with van der Waals surface area (Å²) in [7, 11) is 0. The molecule has 1 aliphatic carbocycles. The van der Waals surface area contributed by atoms with Crippen molar-refractivity contribution >= 4 is 0 Å². The van der Waals surface area contributed by atoms with Gasteiger partial charge in [0.05, 0.1) is 17.1 Å². The van der Waals surface area contributed by atoms with Gasteiger partial charge in [-0.3, -0.25) is 9.97 Å². The van der Waals surface area contributed by atoms with E-state index in [0.717, 1.165) is 22.6 Å². The lowest BCUT2D eigenvalue weighted by molar-refractivity contribution is 0.579. The van der Waals surface area contributed by atoms with E-state index in [1.54, 1.807) is 0 Å². The molecule has 3 aromatic carbocycles. The quantitative estimate of drug-likeness (QED) is 0.238. The van der Waals surface area contributed by atoms with Gasteiger partial charge in [0.2, 0.25) is 0 Å². The number of rotatable bonds is 3. The van der Waals surface area contributed by atoms with Crippen molar-refractivity contribution in [2.45, 2.75) is 57.8 Å². The highest BCUT2D eigenvalue weighted by Gasteiger charge is 2.49. The van der Waals surface area contributed by atoms with E-state index >= 15 is 0 Å². The highest BCUT2D eigenvalue weighted by Crippen LogP contribution is 2.55. The maximum absolute atomic E-state index is 5.50. The highest BCUT2D eigenvalue weighted by atomic mass is 14.8. The van der Waals surface area contributed by atoms with Crippen molar-refractivity contribution in [2.24, 2.45) is 0 Å². The Morgan fingerprint density at radius 2 is 1.08 bits per heavy atom. The molecule has 1 aliphatic rings. The number of pyridine rings is 2. The maximum Gasteiger partial charge on any atom is 0.106 e. The molecule has 0 spiro atoms. The molecule has 2 heterocycles. The average molecular weight is 509 g/mol. The largest absolute Gasteiger partial charge is 0.260 e. The van der Waals surface area contributed by atoms with Gasteiger partial charge in [0, 0.05) is 11.8 Å². The van der Waals surface area contributed by atoms with Crippen LogP contribution in [0.2, 0.25) is 0 Å². The fourth-order valence-electron chi connectivity index (χ4n) is 5.93. The molecule has 0 atom stereocenters. The van der Waals surface area contributed by atoms with Crippen LogP contribution < -0.4 is 0 Å². The Morgan fingerprint density at radius 1 is 0.538 bits per heavy atom. The average Bonchev–Trinajstić information content (AvgIpc) is 3.24. The van der Waals surface area contributed by atoms with Crippen LogP contribution in [0.5, 0.6) is 0 Å². The van der Waals surface area contributed by atoms with Crippen LogP contribution in [0.1, 0.15) is 75.2 Å². The Bertz CT molecular complexity index is 1620. The first kappa shape index (κ1) is 25.2. The summed E-state index contributed by atoms with van der Waals surface area (Å²) >= 11 is 0. The lowest BCUT2D eigenvalue weighted by Gasteiger charge is -2.34. The molecule has 0 fully saturated rings. The molecule has 0 bridgehead atoms. The summed E-state index contributed by atoms with van der Waals surface area (Å²) in [5, 5.41) is 0. The van der Waals surface area contributed by atoms with E-state index in [4.69, 9.17) is 9.97 Å². The Labute approximate surface area is 232 Å². The lowest BCUT2D eigenvalue weighted by Crippen LogP contribution is -2.32. The fourth-order valence-corrected chi connectivity index (χ4v) is 5.93. The molecule has 2 aromatic heterocycles. The molecular formula is C37H36N2. The van der Waals surface area contributed by atoms with Crippen molar-refractivity contribution in [1.29, 1.82) is 0 Å². The predicted octanol–water partition coefficient (Wildman–Crippen LogP) is 9.10. The van der Waals surface area contributed by atoms with Crippen molar-refractivity contribution in [2.75, 3.05) is 0 Å². The van der Waals surface area contributed by atoms with Crippen molar-refractivity contribution in [3.8, 4) is 22.4 Å². The minimum atomic E-state index is -0.640. The standard InChI is InChI=1S/C37H36N2/c1-35(2,3)26-20-21-38-33(23-26)37(30-18-12-10-16-28(30)29-17-11-13-19-31(29)37)34-24-27(36(4,5)6)22-32(39-34)25-14-8-7-9-15-25/h7-24H,1-6H3. The molecule has 0 saturated carbocycles. The number of hydrogen-bond acceptors (Lipinski definition) is 2. The summed E-state index contributed by atoms with van der Waals surface area (Å²) < 4.78 is 0. The van der Waals surface area contributed by atoms with Gasteiger partial charge in [-0.1, -0.05) is 120 Å². The predicted molar refractivity (Wildman–Crippen MR) is 162 cm³/mol. The van der Waals surface area contributed by atoms with Crippen LogP contribution in [-0.4, -0.2) is 9.97 Å². The van der Waals surface area contributed by atoms with Gasteiger partial charge in [-0.2, -0.15) is 0 Å². The second-order valence-electron chi connectivity index (χ2n) is 12.8. The van der Waals surface area contributed by atoms with E-state index in [-0.39, 0.29) is 10.8 Å². The Kier molecular flexibility index (Phi) is 5.84. The molecule has 5 aromatic rings. The molecule has 6 rings (SSSR count). The van der Waals surface area contributed by atoms with Crippen LogP contribution in [0.25, 0.3) is 22.4 Å². The first-order valence-electron chi connectivity index (χ1n) is 13.8. The van der Waals surface area contributed by atoms with Crippen LogP contribution >= 0.6 is 0 Å². The molecule has 0 radical (unpaired) electrons. The van der Waals surface area contributed by atoms with Gasteiger partial charge < -0.3 is 0 Å². The van der Waals surface area contributed by atoms with Crippen LogP contribution in [0.4, 0.5) is 0 Å². The van der Waals surface area contributed by atoms with Gasteiger partial charge in [-0.25, -0.2) is 0 Å². The first-order chi connectivity index (χ1) is 18.6. The van der Waals surface area contributed by atoms with Gasteiger partial charge in [0.15, 0.2) is 0 Å². The van der Waals surface area contributed by atoms with E-state index in [9.17, 15) is 0 Å². The Balaban J connectivity index is 1.78. The SMILES string of the molecule is CC(C)(C)c1ccnc(C2(c3cc(C(C)(C)C)cc(-c4ccccc4)n3)c3ccccc3-c3ccccc32)c1. The third kappa shape index (κ3) is 4.10. The Morgan fingerprint density at radius 3 is 1.67 bits per heavy atom. The van der Waals surface area contributed by atoms with E-state index in [0.29, 0.717) is 0 Å². The maximum atomic E-state index is 5.50. The van der Waals surface area contributed by atoms with Gasteiger partial charge in [0.25, 0.3) is 0 Å². The second kappa shape index (κ2) is 9.02. The molecule has 0 amide bonds. The monoisotopic (exact) mass is 508 g/mol. The lowest BCUT2D eigenvalue weighted by atomic mass is 9.70. The summed E-state index contributed by atoms with van der Waals surface area (Å²) in [6, 6.07) is 37.2. The molecular weight excluding hydrogens is 472 g/mol. The van der Waals surface area contributed by atoms with Gasteiger partial charge in [-0.15, -0.1) is 0 Å². The molecule has 194 valence electrons. The smallest absolute Gasteiger partial charge is 0.106 e. The molecule has 0 N–H and O–H groups in total. The van der Waals surface area contributed by atoms with E-state index in [1.807, 2.05) is 6.20 Å². The summed E-state index contributed by atoms with van der Waals surface area (Å²) in [5.41, 5.74) is 11.0. The van der Waals surface area contributed by atoms with Crippen molar-refractivity contribution < 1.29 is 0 Å². The van der Waals surface area contributed by atoms with Crippen LogP contribution in [0.3, 0.4) is 0 Å². The molecule has 39 heavy (non-hydrogen) atoms. The van der Waals surface area contributed by atoms with E-state index in [2.05, 4.69) is 145 Å². The van der Waals surface area contributed by atoms with Crippen LogP contribution in [-0.2, 0) is 16.2 Å². The summed E-state index contributed by atoms with van der Waals surface area (Å²) in [4.78, 5) is 10.6. The van der Waals surface area contributed by atoms with Crippen LogP contribution in [0.15, 0.2) is 109 Å². The number of benzene rings is 3. The number of aromatic nitrogens is 2. The van der Waals surface area contributed by atoms with Crippen molar-refractivity contribution in [3.63, 3.8) is 0 Å². The number of hydrogen-bond donors (Lipinski definition) is 0. The number of fused-ring (bicyclic) bond motifs is 3. The zero-order valence-corrected chi connectivity index (χ0v) is 23.8. The zero-order chi connectivity index (χ0) is 27.4. The molecule has 2 nitrogen and oxygen atoms in total. The third-order valence-corrected chi connectivity index (χ3v) is 8.11. The number of nitrogens with zero attached hydrogens (tertiary/aromatic N) is 2. The minimum absolute atomic E-state index is 0.00753. The van der Waals surface area contributed by atoms with Gasteiger partial charge in [-0.05, 0) is 68.5 Å². The van der Waals surface area contributed by atoms with Gasteiger partial charge in [0.1, 0.15) is 5.41 Å². The molecule has 2 heteroatoms. The van der Waals surface area contributed by atoms with E-state index < -0.39 is 5.41 Å². The third-order valence-electron chi connectivity index (χ3n) is 8.11. The van der Waals surface area contributed by atoms with Crippen molar-refractivity contribution in [3.05, 3.63) is 143 Å². The summed E-state index contributed by atoms with van der Waals surface area (Å²) in [6.45, 7) is 13.6. The fraction of sp³-hybridized carbons (Fsp3) is 0.243. The highest BCUT2D eigenvalue weighted by molar-refractivity contribution is 5.85. The normalized spacial score (nSPS) is 14.1. The summed E-state index contributed by atoms with van der Waals surface area (Å²) in [5.74, 6) is 0. The van der Waals surface area contributed by atoms with E-state index in [1.165, 1.54) is 33.4 Å². The van der Waals surface area contributed by atoms with Gasteiger partial charge >= 0.3 is 0 Å². The molecule has 0 unspecified atom stereocenters. The zero-order valence-electron chi connectivity index (χ0n) is 23.8.